The molecule has 1 saturated carbocycles. The number of carbonyl (C=O) groups is 1. The second kappa shape index (κ2) is 7.45. The summed E-state index contributed by atoms with van der Waals surface area (Å²) in [4.78, 5) is 11.3. The Morgan fingerprint density at radius 2 is 2.06 bits per heavy atom. The third-order valence-corrected chi connectivity index (χ3v) is 2.71. The molecule has 1 atom stereocenters. The van der Waals surface area contributed by atoms with Crippen LogP contribution < -0.4 is 16.0 Å². The van der Waals surface area contributed by atoms with Gasteiger partial charge in [-0.3, -0.25) is 4.79 Å². The Morgan fingerprint density at radius 1 is 1.41 bits per heavy atom. The number of carbonyl (C=O) groups excluding carboxylic acids is 1. The lowest BCUT2D eigenvalue weighted by Gasteiger charge is -2.16. The highest BCUT2D eigenvalue weighted by Crippen LogP contribution is 2.28. The Labute approximate surface area is 108 Å². The van der Waals surface area contributed by atoms with E-state index in [1.165, 1.54) is 0 Å². The highest BCUT2D eigenvalue weighted by molar-refractivity contribution is 7.80. The topological polar surface area (TPSA) is 62.4 Å². The van der Waals surface area contributed by atoms with Gasteiger partial charge in [-0.25, -0.2) is 0 Å². The van der Waals surface area contributed by atoms with Gasteiger partial charge in [-0.2, -0.15) is 0 Å². The van der Waals surface area contributed by atoms with Gasteiger partial charge in [0.2, 0.25) is 5.91 Å². The predicted molar refractivity (Wildman–Crippen MR) is 70.8 cm³/mol. The van der Waals surface area contributed by atoms with Crippen LogP contribution in [-0.4, -0.2) is 43.9 Å². The van der Waals surface area contributed by atoms with Crippen LogP contribution in [0.15, 0.2) is 0 Å². The Morgan fingerprint density at radius 3 is 2.65 bits per heavy atom. The smallest absolute Gasteiger partial charge is 0.223 e. The minimum absolute atomic E-state index is 0.165. The van der Waals surface area contributed by atoms with E-state index < -0.39 is 0 Å². The molecule has 1 aliphatic rings. The molecule has 1 rings (SSSR count). The van der Waals surface area contributed by atoms with Gasteiger partial charge in [0, 0.05) is 32.2 Å². The van der Waals surface area contributed by atoms with E-state index in [9.17, 15) is 4.79 Å². The molecule has 0 heterocycles. The van der Waals surface area contributed by atoms with Crippen LogP contribution in [0.5, 0.6) is 0 Å². The van der Waals surface area contributed by atoms with Crippen molar-refractivity contribution in [1.29, 1.82) is 0 Å². The van der Waals surface area contributed by atoms with E-state index >= 15 is 0 Å². The van der Waals surface area contributed by atoms with Crippen molar-refractivity contribution in [2.45, 2.75) is 25.8 Å². The van der Waals surface area contributed by atoms with Gasteiger partial charge in [0.25, 0.3) is 0 Å². The van der Waals surface area contributed by atoms with Crippen LogP contribution in [0.1, 0.15) is 19.8 Å². The van der Waals surface area contributed by atoms with Gasteiger partial charge in [0.05, 0.1) is 6.61 Å². The minimum atomic E-state index is 0.165. The summed E-state index contributed by atoms with van der Waals surface area (Å²) in [5.41, 5.74) is 0. The fraction of sp³-hybridized carbons (Fsp3) is 0.818. The van der Waals surface area contributed by atoms with Gasteiger partial charge < -0.3 is 20.7 Å². The molecule has 0 aromatic carbocycles. The molecule has 17 heavy (non-hydrogen) atoms. The van der Waals surface area contributed by atoms with E-state index in [1.807, 2.05) is 6.92 Å². The van der Waals surface area contributed by atoms with E-state index in [4.69, 9.17) is 17.0 Å². The van der Waals surface area contributed by atoms with Crippen LogP contribution in [0.3, 0.4) is 0 Å². The summed E-state index contributed by atoms with van der Waals surface area (Å²) in [5, 5.41) is 9.58. The van der Waals surface area contributed by atoms with Gasteiger partial charge in [-0.15, -0.1) is 0 Å². The molecule has 0 spiro atoms. The van der Waals surface area contributed by atoms with E-state index in [2.05, 4.69) is 16.0 Å². The van der Waals surface area contributed by atoms with Gasteiger partial charge in [0.1, 0.15) is 0 Å². The summed E-state index contributed by atoms with van der Waals surface area (Å²) >= 11 is 5.10. The zero-order valence-electron chi connectivity index (χ0n) is 10.4. The molecule has 98 valence electrons. The largest absolute Gasteiger partial charge is 0.383 e. The van der Waals surface area contributed by atoms with E-state index in [0.29, 0.717) is 24.8 Å². The highest BCUT2D eigenvalue weighted by Gasteiger charge is 2.28. The minimum Gasteiger partial charge on any atom is -0.383 e. The van der Waals surface area contributed by atoms with Crippen LogP contribution in [0.4, 0.5) is 0 Å². The number of ether oxygens (including phenoxy) is 1. The molecule has 0 saturated heterocycles. The van der Waals surface area contributed by atoms with Crippen molar-refractivity contribution in [1.82, 2.24) is 16.0 Å². The Bertz CT molecular complexity index is 269. The molecule has 1 aliphatic carbocycles. The van der Waals surface area contributed by atoms with Crippen LogP contribution in [0, 0.1) is 5.92 Å². The number of rotatable bonds is 7. The second-order valence-corrected chi connectivity index (χ2v) is 4.73. The summed E-state index contributed by atoms with van der Waals surface area (Å²) in [6, 6.07) is 0.182. The third kappa shape index (κ3) is 6.43. The van der Waals surface area contributed by atoms with Gasteiger partial charge >= 0.3 is 0 Å². The van der Waals surface area contributed by atoms with Crippen molar-refractivity contribution in [3.8, 4) is 0 Å². The van der Waals surface area contributed by atoms with Crippen molar-refractivity contribution >= 4 is 23.2 Å². The van der Waals surface area contributed by atoms with Crippen LogP contribution in [0.25, 0.3) is 0 Å². The predicted octanol–water partition coefficient (Wildman–Crippen LogP) is 0.0116. The zero-order chi connectivity index (χ0) is 12.7. The third-order valence-electron chi connectivity index (χ3n) is 2.45. The summed E-state index contributed by atoms with van der Waals surface area (Å²) in [6.07, 6.45) is 2.07. The molecule has 0 aromatic rings. The van der Waals surface area contributed by atoms with Crippen LogP contribution in [-0.2, 0) is 9.53 Å². The van der Waals surface area contributed by atoms with Gasteiger partial charge in [-0.1, -0.05) is 0 Å². The maximum atomic E-state index is 11.3. The zero-order valence-corrected chi connectivity index (χ0v) is 11.2. The summed E-state index contributed by atoms with van der Waals surface area (Å²) in [7, 11) is 1.65. The number of hydrogen-bond acceptors (Lipinski definition) is 3. The molecule has 0 radical (unpaired) electrons. The maximum absolute atomic E-state index is 11.3. The quantitative estimate of drug-likeness (QED) is 0.444. The van der Waals surface area contributed by atoms with Gasteiger partial charge in [0.15, 0.2) is 5.11 Å². The van der Waals surface area contributed by atoms with Crippen molar-refractivity contribution < 1.29 is 9.53 Å². The van der Waals surface area contributed by atoms with Crippen LogP contribution in [0.2, 0.25) is 0 Å². The molecule has 1 amide bonds. The highest BCUT2D eigenvalue weighted by atomic mass is 32.1. The van der Waals surface area contributed by atoms with Crippen LogP contribution >= 0.6 is 12.2 Å². The number of thiocarbonyl (C=S) groups is 1. The number of nitrogens with one attached hydrogen (secondary N) is 3. The Hall–Kier alpha value is -0.880. The molecule has 0 aliphatic heterocycles. The number of hydrogen-bond donors (Lipinski definition) is 3. The van der Waals surface area contributed by atoms with Gasteiger partial charge in [-0.05, 0) is 32.0 Å². The number of amides is 1. The Kier molecular flexibility index (Phi) is 6.21. The molecule has 0 aromatic heterocycles. The standard InChI is InChI=1S/C11H21N3O2S/c1-8(7-16-2)14-11(17)13-6-5-12-10(15)9-3-4-9/h8-9H,3-7H2,1-2H3,(H,12,15)(H2,13,14,17). The molecule has 6 heteroatoms. The fourth-order valence-electron chi connectivity index (χ4n) is 1.42. The molecule has 5 nitrogen and oxygen atoms in total. The first-order valence-corrected chi connectivity index (χ1v) is 6.35. The lowest BCUT2D eigenvalue weighted by atomic mass is 10.4. The number of methoxy groups -OCH3 is 1. The average Bonchev–Trinajstić information content (AvgIpc) is 3.08. The molecule has 1 unspecified atom stereocenters. The molecule has 1 fully saturated rings. The SMILES string of the molecule is COCC(C)NC(=S)NCCNC(=O)C1CC1. The first-order valence-electron chi connectivity index (χ1n) is 5.94. The summed E-state index contributed by atoms with van der Waals surface area (Å²) in [5.74, 6) is 0.431. The lowest BCUT2D eigenvalue weighted by molar-refractivity contribution is -0.122. The first-order chi connectivity index (χ1) is 8.13. The van der Waals surface area contributed by atoms with E-state index in [1.54, 1.807) is 7.11 Å². The molecule has 0 bridgehead atoms. The maximum Gasteiger partial charge on any atom is 0.223 e. The monoisotopic (exact) mass is 259 g/mol. The molecule has 3 N–H and O–H groups in total. The summed E-state index contributed by atoms with van der Waals surface area (Å²) in [6.45, 7) is 3.85. The first kappa shape index (κ1) is 14.2. The van der Waals surface area contributed by atoms with E-state index in [0.717, 1.165) is 12.8 Å². The average molecular weight is 259 g/mol. The molecular weight excluding hydrogens is 238 g/mol. The second-order valence-electron chi connectivity index (χ2n) is 4.32. The van der Waals surface area contributed by atoms with Crippen molar-refractivity contribution in [3.05, 3.63) is 0 Å². The van der Waals surface area contributed by atoms with Crippen molar-refractivity contribution in [3.63, 3.8) is 0 Å². The normalized spacial score (nSPS) is 16.1. The van der Waals surface area contributed by atoms with Crippen molar-refractivity contribution in [2.24, 2.45) is 5.92 Å². The fourth-order valence-corrected chi connectivity index (χ4v) is 1.72. The molecular formula is C11H21N3O2S. The Balaban J connectivity index is 1.97. The lowest BCUT2D eigenvalue weighted by Crippen LogP contribution is -2.44. The summed E-state index contributed by atoms with van der Waals surface area (Å²) < 4.78 is 4.99. The van der Waals surface area contributed by atoms with E-state index in [-0.39, 0.29) is 17.9 Å². The van der Waals surface area contributed by atoms with Crippen molar-refractivity contribution in [2.75, 3.05) is 26.8 Å².